The van der Waals surface area contributed by atoms with Crippen molar-refractivity contribution >= 4 is 70.3 Å². The minimum absolute atomic E-state index is 0.0625. The predicted octanol–water partition coefficient (Wildman–Crippen LogP) is 2.99. The topological polar surface area (TPSA) is 120 Å². The van der Waals surface area contributed by atoms with Crippen LogP contribution in [0.1, 0.15) is 40.1 Å². The van der Waals surface area contributed by atoms with E-state index < -0.39 is 26.1 Å². The van der Waals surface area contributed by atoms with E-state index in [-0.39, 0.29) is 41.5 Å². The first-order valence-electron chi connectivity index (χ1n) is 13.2. The summed E-state index contributed by atoms with van der Waals surface area (Å²) < 4.78 is 57.9. The molecule has 10 nitrogen and oxygen atoms in total. The zero-order valence-corrected chi connectivity index (χ0v) is 25.9. The quantitative estimate of drug-likeness (QED) is 0.439. The van der Waals surface area contributed by atoms with Crippen LogP contribution in [0.3, 0.4) is 0 Å². The average molecular weight is 644 g/mol. The monoisotopic (exact) mass is 643 g/mol. The van der Waals surface area contributed by atoms with Gasteiger partial charge >= 0.3 is 0 Å². The van der Waals surface area contributed by atoms with Gasteiger partial charge in [0.15, 0.2) is 5.01 Å². The molecule has 2 fully saturated rings. The number of amides is 1. The van der Waals surface area contributed by atoms with Crippen LogP contribution in [0.2, 0.25) is 5.02 Å². The average Bonchev–Trinajstić information content (AvgIpc) is 3.67. The fourth-order valence-corrected chi connectivity index (χ4v) is 11.6. The number of fused-ring (bicyclic) bond motifs is 2. The van der Waals surface area contributed by atoms with Gasteiger partial charge in [0.1, 0.15) is 4.21 Å². The molecule has 1 aromatic carbocycles. The van der Waals surface area contributed by atoms with E-state index in [1.807, 2.05) is 0 Å². The first kappa shape index (κ1) is 28.5. The van der Waals surface area contributed by atoms with E-state index >= 15 is 0 Å². The van der Waals surface area contributed by atoms with Crippen molar-refractivity contribution in [2.75, 3.05) is 38.5 Å². The molecule has 6 rings (SSSR count). The Morgan fingerprint density at radius 3 is 2.62 bits per heavy atom. The minimum Gasteiger partial charge on any atom is -0.330 e. The maximum atomic E-state index is 13.8. The molecule has 1 amide bonds. The van der Waals surface area contributed by atoms with Crippen LogP contribution >= 0.6 is 34.3 Å². The number of halogens is 1. The van der Waals surface area contributed by atoms with Crippen LogP contribution in [0.15, 0.2) is 28.5 Å². The van der Waals surface area contributed by atoms with Crippen LogP contribution < -0.4 is 5.32 Å². The molecule has 0 radical (unpaired) electrons. The van der Waals surface area contributed by atoms with E-state index in [0.29, 0.717) is 29.7 Å². The second kappa shape index (κ2) is 10.9. The van der Waals surface area contributed by atoms with Crippen LogP contribution in [0.5, 0.6) is 0 Å². The Kier molecular flexibility index (Phi) is 7.74. The van der Waals surface area contributed by atoms with Gasteiger partial charge in [0.25, 0.3) is 15.9 Å². The molecular formula is C25H30ClN5O5S4. The highest BCUT2D eigenvalue weighted by Crippen LogP contribution is 2.34. The minimum atomic E-state index is -3.93. The highest BCUT2D eigenvalue weighted by Gasteiger charge is 2.41. The van der Waals surface area contributed by atoms with Crippen molar-refractivity contribution in [3.8, 4) is 0 Å². The van der Waals surface area contributed by atoms with Crippen LogP contribution in [0.4, 0.5) is 0 Å². The van der Waals surface area contributed by atoms with Gasteiger partial charge in [-0.2, -0.15) is 4.31 Å². The first-order valence-corrected chi connectivity index (χ1v) is 18.3. The molecule has 5 heterocycles. The number of aromatic nitrogens is 1. The van der Waals surface area contributed by atoms with Crippen LogP contribution in [0, 0.1) is 0 Å². The molecule has 0 aliphatic carbocycles. The molecule has 3 aliphatic heterocycles. The van der Waals surface area contributed by atoms with Gasteiger partial charge in [0, 0.05) is 66.3 Å². The molecule has 0 bridgehead atoms. The number of sulfonamides is 2. The zero-order chi connectivity index (χ0) is 28.2. The molecule has 2 saturated heterocycles. The van der Waals surface area contributed by atoms with Crippen LogP contribution in [-0.2, 0) is 33.0 Å². The number of hydrogen-bond acceptors (Lipinski definition) is 9. The highest BCUT2D eigenvalue weighted by atomic mass is 35.5. The summed E-state index contributed by atoms with van der Waals surface area (Å²) in [5.74, 6) is -0.682. The molecule has 3 aliphatic rings. The smallest absolute Gasteiger partial charge is 0.283 e. The number of hydrogen-bond donors (Lipinski definition) is 1. The molecule has 0 saturated carbocycles. The third-order valence-corrected chi connectivity index (χ3v) is 14.4. The van der Waals surface area contributed by atoms with E-state index in [0.717, 1.165) is 51.3 Å². The Morgan fingerprint density at radius 1 is 1.07 bits per heavy atom. The summed E-state index contributed by atoms with van der Waals surface area (Å²) in [5.41, 5.74) is 0.895. The summed E-state index contributed by atoms with van der Waals surface area (Å²) in [5, 5.41) is 4.98. The molecule has 2 unspecified atom stereocenters. The molecule has 2 atom stereocenters. The van der Waals surface area contributed by atoms with Gasteiger partial charge < -0.3 is 10.2 Å². The second-order valence-electron chi connectivity index (χ2n) is 10.5. The van der Waals surface area contributed by atoms with E-state index in [1.165, 1.54) is 24.8 Å². The largest absolute Gasteiger partial charge is 0.330 e. The number of nitrogens with one attached hydrogen (secondary N) is 1. The fourth-order valence-electron chi connectivity index (χ4n) is 5.53. The number of thiophene rings is 1. The lowest BCUT2D eigenvalue weighted by Crippen LogP contribution is -2.59. The standard InChI is InChI=1S/C25H30ClN5O5S4/c1-16-10-20-22(13-27-16)38-24(28-20)25(32)31-9-8-30(14-19(31)15-39(33,34)29-6-2-3-7-29)40(35,36)23-11-17-4-5-18(26)12-21(17)37-23/h4-5,11-12,16,19,27H,2-3,6-10,13-15H2,1H3. The maximum Gasteiger partial charge on any atom is 0.283 e. The lowest BCUT2D eigenvalue weighted by Gasteiger charge is -2.40. The van der Waals surface area contributed by atoms with Gasteiger partial charge in [0.2, 0.25) is 10.0 Å². The van der Waals surface area contributed by atoms with E-state index in [1.54, 1.807) is 24.3 Å². The maximum absolute atomic E-state index is 13.8. The molecule has 3 aromatic rings. The second-order valence-corrected chi connectivity index (χ2v) is 17.3. The van der Waals surface area contributed by atoms with Gasteiger partial charge in [-0.05, 0) is 43.4 Å². The van der Waals surface area contributed by atoms with Crippen LogP contribution in [-0.4, -0.2) is 91.8 Å². The van der Waals surface area contributed by atoms with Crippen molar-refractivity contribution in [1.82, 2.24) is 23.8 Å². The van der Waals surface area contributed by atoms with Crippen molar-refractivity contribution in [3.63, 3.8) is 0 Å². The number of piperazine rings is 1. The number of carbonyl (C=O) groups excluding carboxylic acids is 1. The van der Waals surface area contributed by atoms with Crippen molar-refractivity contribution in [2.24, 2.45) is 0 Å². The summed E-state index contributed by atoms with van der Waals surface area (Å²) in [7, 11) is -7.62. The third kappa shape index (κ3) is 5.44. The molecular weight excluding hydrogens is 614 g/mol. The zero-order valence-electron chi connectivity index (χ0n) is 21.9. The Bertz CT molecular complexity index is 1670. The molecule has 216 valence electrons. The number of nitrogens with zero attached hydrogens (tertiary/aromatic N) is 4. The van der Waals surface area contributed by atoms with Crippen LogP contribution in [0.25, 0.3) is 10.1 Å². The van der Waals surface area contributed by atoms with E-state index in [2.05, 4.69) is 17.2 Å². The summed E-state index contributed by atoms with van der Waals surface area (Å²) >= 11 is 8.56. The predicted molar refractivity (Wildman–Crippen MR) is 157 cm³/mol. The van der Waals surface area contributed by atoms with Crippen molar-refractivity contribution < 1.29 is 21.6 Å². The molecule has 1 N–H and O–H groups in total. The number of carbonyl (C=O) groups is 1. The van der Waals surface area contributed by atoms with Gasteiger partial charge in [-0.25, -0.2) is 26.1 Å². The first-order chi connectivity index (χ1) is 19.0. The van der Waals surface area contributed by atoms with Crippen molar-refractivity contribution in [3.05, 3.63) is 44.9 Å². The number of rotatable bonds is 6. The van der Waals surface area contributed by atoms with Gasteiger partial charge in [-0.15, -0.1) is 22.7 Å². The summed E-state index contributed by atoms with van der Waals surface area (Å²) in [4.78, 5) is 20.9. The normalized spacial score (nSPS) is 23.1. The fraction of sp³-hybridized carbons (Fsp3) is 0.520. The highest BCUT2D eigenvalue weighted by molar-refractivity contribution is 7.91. The molecule has 2 aromatic heterocycles. The molecule has 0 spiro atoms. The Labute approximate surface area is 247 Å². The number of benzene rings is 1. The number of thiazole rings is 1. The lowest BCUT2D eigenvalue weighted by molar-refractivity contribution is 0.0594. The van der Waals surface area contributed by atoms with Crippen molar-refractivity contribution in [2.45, 2.75) is 49.0 Å². The Hall–Kier alpha value is -1.65. The third-order valence-electron chi connectivity index (χ3n) is 7.69. The molecule has 40 heavy (non-hydrogen) atoms. The Balaban J connectivity index is 1.30. The SMILES string of the molecule is CC1Cc2nc(C(=O)N3CCN(S(=O)(=O)c4cc5ccc(Cl)cc5s4)CC3CS(=O)(=O)N3CCCC3)sc2CN1. The summed E-state index contributed by atoms with van der Waals surface area (Å²) in [6, 6.07) is 6.25. The van der Waals surface area contributed by atoms with Gasteiger partial charge in [-0.3, -0.25) is 4.79 Å². The van der Waals surface area contributed by atoms with Crippen molar-refractivity contribution in [1.29, 1.82) is 0 Å². The summed E-state index contributed by atoms with van der Waals surface area (Å²) in [6.07, 6.45) is 2.30. The van der Waals surface area contributed by atoms with E-state index in [9.17, 15) is 21.6 Å². The molecule has 15 heteroatoms. The lowest BCUT2D eigenvalue weighted by atomic mass is 10.1. The summed E-state index contributed by atoms with van der Waals surface area (Å²) in [6.45, 7) is 3.62. The van der Waals surface area contributed by atoms with Gasteiger partial charge in [0.05, 0.1) is 17.5 Å². The Morgan fingerprint density at radius 2 is 1.85 bits per heavy atom. The van der Waals surface area contributed by atoms with E-state index in [4.69, 9.17) is 11.6 Å². The van der Waals surface area contributed by atoms with Gasteiger partial charge in [-0.1, -0.05) is 17.7 Å².